The number of anilines is 2. The van der Waals surface area contributed by atoms with E-state index in [9.17, 15) is 19.5 Å². The highest BCUT2D eigenvalue weighted by atomic mass is 35.5. The van der Waals surface area contributed by atoms with Crippen LogP contribution in [0.4, 0.5) is 11.4 Å². The number of hydrogen-bond acceptors (Lipinski definition) is 7. The summed E-state index contributed by atoms with van der Waals surface area (Å²) in [5, 5.41) is 18.1. The van der Waals surface area contributed by atoms with E-state index >= 15 is 0 Å². The van der Waals surface area contributed by atoms with Gasteiger partial charge in [0.25, 0.3) is 5.91 Å². The zero-order valence-electron chi connectivity index (χ0n) is 25.4. The monoisotopic (exact) mass is 637 g/mol. The van der Waals surface area contributed by atoms with Gasteiger partial charge in [0.2, 0.25) is 5.91 Å². The Bertz CT molecular complexity index is 1540. The van der Waals surface area contributed by atoms with Crippen molar-refractivity contribution in [3.05, 3.63) is 70.5 Å². The third-order valence-electron chi connectivity index (χ3n) is 9.45. The van der Waals surface area contributed by atoms with Crippen molar-refractivity contribution >= 4 is 43.1 Å². The zero-order valence-corrected chi connectivity index (χ0v) is 27.2. The summed E-state index contributed by atoms with van der Waals surface area (Å²) < 4.78 is 8.61. The fourth-order valence-corrected chi connectivity index (χ4v) is 10.2. The number of carbonyl (C=O) groups is 2. The lowest BCUT2D eigenvalue weighted by Gasteiger charge is -2.32. The lowest BCUT2D eigenvalue weighted by atomic mass is 9.82. The van der Waals surface area contributed by atoms with Gasteiger partial charge in [-0.1, -0.05) is 35.9 Å². The minimum atomic E-state index is -2.82. The molecule has 2 aromatic carbocycles. The number of aliphatic hydroxyl groups excluding tert-OH is 1. The summed E-state index contributed by atoms with van der Waals surface area (Å²) in [5.41, 5.74) is 2.49. The van der Waals surface area contributed by atoms with Crippen molar-refractivity contribution in [3.8, 4) is 0 Å². The first-order chi connectivity index (χ1) is 21.0. The molecule has 4 atom stereocenters. The van der Waals surface area contributed by atoms with E-state index in [0.29, 0.717) is 43.1 Å². The SMILES string of the molecule is C[C@@H]1[C@@H]([Si](C)(C)O)[C@H](CCn2cc(CCO)nn2)O[C@@]12C(=O)N(Cc1ccc(N3CCCCC3=O)cc1)c1ccc(Cl)cc12. The highest BCUT2D eigenvalue weighted by Gasteiger charge is 2.66. The molecule has 0 saturated carbocycles. The number of amides is 2. The number of aryl methyl sites for hydroxylation is 1. The fourth-order valence-electron chi connectivity index (χ4n) is 7.46. The van der Waals surface area contributed by atoms with Crippen LogP contribution in [0, 0.1) is 5.92 Å². The van der Waals surface area contributed by atoms with Crippen LogP contribution in [-0.2, 0) is 39.4 Å². The van der Waals surface area contributed by atoms with Gasteiger partial charge in [0.1, 0.15) is 0 Å². The minimum absolute atomic E-state index is 0.000314. The molecule has 1 aromatic heterocycles. The molecule has 3 aliphatic heterocycles. The topological polar surface area (TPSA) is 121 Å². The van der Waals surface area contributed by atoms with Crippen LogP contribution >= 0.6 is 11.6 Å². The van der Waals surface area contributed by atoms with Gasteiger partial charge in [-0.25, -0.2) is 0 Å². The molecule has 2 fully saturated rings. The molecule has 10 nitrogen and oxygen atoms in total. The number of aromatic nitrogens is 3. The maximum atomic E-state index is 14.6. The number of piperidine rings is 1. The molecule has 1 spiro atoms. The van der Waals surface area contributed by atoms with E-state index < -0.39 is 13.9 Å². The predicted molar refractivity (Wildman–Crippen MR) is 170 cm³/mol. The molecular formula is C32H40ClN5O5Si. The van der Waals surface area contributed by atoms with E-state index in [1.807, 2.05) is 67.5 Å². The van der Waals surface area contributed by atoms with Crippen molar-refractivity contribution in [2.45, 2.75) is 82.5 Å². The van der Waals surface area contributed by atoms with Gasteiger partial charge in [0.05, 0.1) is 24.0 Å². The van der Waals surface area contributed by atoms with Crippen LogP contribution in [0.3, 0.4) is 0 Å². The number of nitrogens with zero attached hydrogens (tertiary/aromatic N) is 5. The van der Waals surface area contributed by atoms with Crippen LogP contribution < -0.4 is 9.80 Å². The normalized spacial score (nSPS) is 25.4. The molecule has 2 N–H and O–H groups in total. The number of ether oxygens (including phenoxy) is 1. The Morgan fingerprint density at radius 3 is 2.61 bits per heavy atom. The van der Waals surface area contributed by atoms with Gasteiger partial charge in [-0.3, -0.25) is 14.3 Å². The maximum Gasteiger partial charge on any atom is 0.264 e. The first-order valence-electron chi connectivity index (χ1n) is 15.4. The van der Waals surface area contributed by atoms with Crippen molar-refractivity contribution in [2.75, 3.05) is 23.0 Å². The molecule has 0 radical (unpaired) electrons. The van der Waals surface area contributed by atoms with Crippen LogP contribution in [0.25, 0.3) is 0 Å². The van der Waals surface area contributed by atoms with Crippen molar-refractivity contribution in [2.24, 2.45) is 5.92 Å². The van der Waals surface area contributed by atoms with Crippen molar-refractivity contribution in [1.82, 2.24) is 15.0 Å². The quantitative estimate of drug-likeness (QED) is 0.333. The molecule has 3 aliphatic rings. The largest absolute Gasteiger partial charge is 0.432 e. The van der Waals surface area contributed by atoms with Gasteiger partial charge < -0.3 is 24.4 Å². The minimum Gasteiger partial charge on any atom is -0.432 e. The van der Waals surface area contributed by atoms with Crippen LogP contribution in [0.2, 0.25) is 23.7 Å². The van der Waals surface area contributed by atoms with E-state index in [2.05, 4.69) is 10.3 Å². The Balaban J connectivity index is 1.29. The summed E-state index contributed by atoms with van der Waals surface area (Å²) in [6.45, 7) is 7.38. The average molecular weight is 638 g/mol. The summed E-state index contributed by atoms with van der Waals surface area (Å²) >= 11 is 6.53. The highest BCUT2D eigenvalue weighted by molar-refractivity contribution is 6.71. The molecule has 2 saturated heterocycles. The third kappa shape index (κ3) is 5.49. The summed E-state index contributed by atoms with van der Waals surface area (Å²) in [4.78, 5) is 42.2. The lowest BCUT2D eigenvalue weighted by Crippen LogP contribution is -2.46. The zero-order chi connectivity index (χ0) is 31.2. The molecule has 6 rings (SSSR count). The van der Waals surface area contributed by atoms with Crippen LogP contribution in [0.1, 0.15) is 49.4 Å². The molecule has 0 aliphatic carbocycles. The summed E-state index contributed by atoms with van der Waals surface area (Å²) in [6, 6.07) is 13.4. The van der Waals surface area contributed by atoms with Crippen molar-refractivity contribution < 1.29 is 24.2 Å². The standard InChI is InChI=1S/C32H40ClN5O5Si/c1-21-30(44(2,3)42)28(13-16-36-20-24(14-17-39)34-35-36)43-32(21)26-18-23(33)9-12-27(26)38(31(32)41)19-22-7-10-25(11-8-22)37-15-5-4-6-29(37)40/h7-12,18,20-21,28,30,39,42H,4-6,13-17,19H2,1-3H3/t21-,28+,30-,32+/m1/s1. The number of rotatable bonds is 9. The third-order valence-corrected chi connectivity index (χ3v) is 12.2. The summed E-state index contributed by atoms with van der Waals surface area (Å²) in [7, 11) is -2.82. The number of carbonyl (C=O) groups excluding carboxylic acids is 2. The van der Waals surface area contributed by atoms with E-state index in [1.54, 1.807) is 15.6 Å². The van der Waals surface area contributed by atoms with Gasteiger partial charge in [0.15, 0.2) is 13.9 Å². The Kier molecular flexibility index (Phi) is 8.44. The second-order valence-corrected chi connectivity index (χ2v) is 17.2. The second kappa shape index (κ2) is 12.0. The Labute approximate surface area is 263 Å². The van der Waals surface area contributed by atoms with Gasteiger partial charge in [-0.2, -0.15) is 0 Å². The lowest BCUT2D eigenvalue weighted by molar-refractivity contribution is -0.146. The smallest absolute Gasteiger partial charge is 0.264 e. The molecular weight excluding hydrogens is 598 g/mol. The molecule has 0 unspecified atom stereocenters. The number of hydrogen-bond donors (Lipinski definition) is 2. The maximum absolute atomic E-state index is 14.6. The average Bonchev–Trinajstić information content (AvgIpc) is 3.63. The van der Waals surface area contributed by atoms with Crippen molar-refractivity contribution in [1.29, 1.82) is 0 Å². The first-order valence-corrected chi connectivity index (χ1v) is 18.8. The van der Waals surface area contributed by atoms with E-state index in [0.717, 1.165) is 41.9 Å². The number of aliphatic hydroxyl groups is 1. The summed E-state index contributed by atoms with van der Waals surface area (Å²) in [6.07, 6.45) is 4.89. The molecule has 234 valence electrons. The fraction of sp³-hybridized carbons (Fsp3) is 0.500. The Morgan fingerprint density at radius 2 is 1.91 bits per heavy atom. The van der Waals surface area contributed by atoms with Gasteiger partial charge in [-0.05, 0) is 68.3 Å². The van der Waals surface area contributed by atoms with Gasteiger partial charge in [0, 0.05) is 66.5 Å². The number of fused-ring (bicyclic) bond motifs is 2. The molecule has 12 heteroatoms. The molecule has 3 aromatic rings. The van der Waals surface area contributed by atoms with Crippen LogP contribution in [-0.4, -0.2) is 64.3 Å². The molecule has 2 amide bonds. The van der Waals surface area contributed by atoms with E-state index in [4.69, 9.17) is 16.3 Å². The van der Waals surface area contributed by atoms with Crippen LogP contribution in [0.15, 0.2) is 48.7 Å². The van der Waals surface area contributed by atoms with Crippen molar-refractivity contribution in [3.63, 3.8) is 0 Å². The molecule has 0 bridgehead atoms. The second-order valence-electron chi connectivity index (χ2n) is 12.8. The predicted octanol–water partition coefficient (Wildman–Crippen LogP) is 4.42. The molecule has 44 heavy (non-hydrogen) atoms. The Hall–Kier alpha value is -3.09. The van der Waals surface area contributed by atoms with Gasteiger partial charge in [-0.15, -0.1) is 5.10 Å². The molecule has 4 heterocycles. The number of halogens is 1. The van der Waals surface area contributed by atoms with Crippen LogP contribution in [0.5, 0.6) is 0 Å². The highest BCUT2D eigenvalue weighted by Crippen LogP contribution is 2.60. The first kappa shape index (κ1) is 30.9. The van der Waals surface area contributed by atoms with E-state index in [1.165, 1.54) is 0 Å². The number of benzene rings is 2. The van der Waals surface area contributed by atoms with Gasteiger partial charge >= 0.3 is 0 Å². The Morgan fingerprint density at radius 1 is 1.14 bits per heavy atom. The van der Waals surface area contributed by atoms with E-state index in [-0.39, 0.29) is 36.0 Å². The summed E-state index contributed by atoms with van der Waals surface area (Å²) in [5.74, 6) is -0.316.